The smallest absolute Gasteiger partial charge is 0.245 e. The zero-order valence-corrected chi connectivity index (χ0v) is 20.0. The molecule has 0 fully saturated rings. The van der Waals surface area contributed by atoms with Crippen molar-refractivity contribution >= 4 is 34.3 Å². The Hall–Kier alpha value is -4.27. The molecule has 2 aromatic carbocycles. The molecule has 1 aliphatic carbocycles. The molecule has 0 unspecified atom stereocenters. The van der Waals surface area contributed by atoms with Crippen molar-refractivity contribution in [2.24, 2.45) is 0 Å². The predicted molar refractivity (Wildman–Crippen MR) is 139 cm³/mol. The maximum Gasteiger partial charge on any atom is 0.245 e. The third-order valence-corrected chi connectivity index (χ3v) is 6.26. The molecule has 0 aliphatic heterocycles. The van der Waals surface area contributed by atoms with Crippen LogP contribution in [-0.4, -0.2) is 37.9 Å². The summed E-state index contributed by atoms with van der Waals surface area (Å²) in [5.74, 6) is 0.448. The Morgan fingerprint density at radius 2 is 1.72 bits per heavy atom. The number of carbonyl (C=O) groups is 2. The van der Waals surface area contributed by atoms with E-state index in [9.17, 15) is 9.59 Å². The SMILES string of the molecule is O=C(CCC(=O)NNc1nc2ccccc2c2nc(-c3ccccc3)nn12)NCCC1=CCCCC1. The van der Waals surface area contributed by atoms with Crippen LogP contribution < -0.4 is 16.2 Å². The zero-order chi connectivity index (χ0) is 24.7. The van der Waals surface area contributed by atoms with E-state index >= 15 is 0 Å². The molecule has 2 heterocycles. The third-order valence-electron chi connectivity index (χ3n) is 6.26. The van der Waals surface area contributed by atoms with Gasteiger partial charge in [0.2, 0.25) is 17.8 Å². The largest absolute Gasteiger partial charge is 0.356 e. The second kappa shape index (κ2) is 11.0. The van der Waals surface area contributed by atoms with Gasteiger partial charge in [0.15, 0.2) is 11.5 Å². The minimum Gasteiger partial charge on any atom is -0.356 e. The number of carbonyl (C=O) groups excluding carboxylic acids is 2. The van der Waals surface area contributed by atoms with Crippen LogP contribution in [0.3, 0.4) is 0 Å². The molecular formula is C27H29N7O2. The molecular weight excluding hydrogens is 454 g/mol. The van der Waals surface area contributed by atoms with E-state index in [0.29, 0.717) is 24.0 Å². The molecule has 3 N–H and O–H groups in total. The minimum atomic E-state index is -0.313. The lowest BCUT2D eigenvalue weighted by molar-refractivity contribution is -0.126. The van der Waals surface area contributed by atoms with Gasteiger partial charge in [0.1, 0.15) is 0 Å². The van der Waals surface area contributed by atoms with Crippen molar-refractivity contribution in [2.45, 2.75) is 44.9 Å². The van der Waals surface area contributed by atoms with E-state index in [4.69, 9.17) is 4.98 Å². The molecule has 2 aromatic heterocycles. The second-order valence-corrected chi connectivity index (χ2v) is 8.87. The Bertz CT molecular complexity index is 1410. The van der Waals surface area contributed by atoms with Crippen LogP contribution in [0, 0.1) is 0 Å². The lowest BCUT2D eigenvalue weighted by Gasteiger charge is -2.13. The fourth-order valence-electron chi connectivity index (χ4n) is 4.34. The number of hydrogen-bond donors (Lipinski definition) is 3. The standard InChI is InChI=1S/C27H29N7O2/c35-23(28-18-17-19-9-3-1-4-10-19)15-16-24(36)31-32-27-29-22-14-8-7-13-21(22)26-30-25(33-34(26)27)20-11-5-2-6-12-20/h2,5-9,11-14H,1,3-4,10,15-18H2,(H,28,35)(H,29,32)(H,31,36). The highest BCUT2D eigenvalue weighted by molar-refractivity contribution is 5.93. The van der Waals surface area contributed by atoms with Gasteiger partial charge in [0.25, 0.3) is 0 Å². The highest BCUT2D eigenvalue weighted by Gasteiger charge is 2.15. The molecule has 36 heavy (non-hydrogen) atoms. The fourth-order valence-corrected chi connectivity index (χ4v) is 4.34. The van der Waals surface area contributed by atoms with Crippen LogP contribution in [0.4, 0.5) is 5.95 Å². The highest BCUT2D eigenvalue weighted by atomic mass is 16.2. The molecule has 5 rings (SSSR count). The summed E-state index contributed by atoms with van der Waals surface area (Å²) >= 11 is 0. The van der Waals surface area contributed by atoms with E-state index in [2.05, 4.69) is 32.3 Å². The second-order valence-electron chi connectivity index (χ2n) is 8.87. The number of hydrogen-bond acceptors (Lipinski definition) is 6. The lowest BCUT2D eigenvalue weighted by atomic mass is 9.97. The normalized spacial score (nSPS) is 13.4. The first-order valence-electron chi connectivity index (χ1n) is 12.4. The summed E-state index contributed by atoms with van der Waals surface area (Å²) < 4.78 is 1.58. The van der Waals surface area contributed by atoms with Crippen molar-refractivity contribution in [3.05, 3.63) is 66.2 Å². The van der Waals surface area contributed by atoms with Crippen molar-refractivity contribution in [3.8, 4) is 11.4 Å². The molecule has 0 atom stereocenters. The van der Waals surface area contributed by atoms with E-state index < -0.39 is 0 Å². The number of aromatic nitrogens is 4. The molecule has 4 aromatic rings. The number of benzene rings is 2. The molecule has 0 spiro atoms. The first-order chi connectivity index (χ1) is 17.7. The monoisotopic (exact) mass is 483 g/mol. The Morgan fingerprint density at radius 3 is 2.56 bits per heavy atom. The van der Waals surface area contributed by atoms with Crippen molar-refractivity contribution in [1.82, 2.24) is 30.3 Å². The molecule has 1 aliphatic rings. The highest BCUT2D eigenvalue weighted by Crippen LogP contribution is 2.24. The maximum atomic E-state index is 12.4. The number of nitrogens with zero attached hydrogens (tertiary/aromatic N) is 4. The molecule has 0 bridgehead atoms. The Balaban J connectivity index is 1.21. The van der Waals surface area contributed by atoms with Gasteiger partial charge < -0.3 is 5.32 Å². The summed E-state index contributed by atoms with van der Waals surface area (Å²) in [7, 11) is 0. The molecule has 9 heteroatoms. The fraction of sp³-hybridized carbons (Fsp3) is 0.296. The number of amides is 2. The van der Waals surface area contributed by atoms with Crippen molar-refractivity contribution < 1.29 is 9.59 Å². The Kier molecular flexibility index (Phi) is 7.16. The molecule has 184 valence electrons. The molecule has 2 amide bonds. The van der Waals surface area contributed by atoms with Crippen LogP contribution in [0.5, 0.6) is 0 Å². The van der Waals surface area contributed by atoms with E-state index in [1.54, 1.807) is 4.52 Å². The maximum absolute atomic E-state index is 12.4. The summed E-state index contributed by atoms with van der Waals surface area (Å²) in [5, 5.41) is 8.38. The Morgan fingerprint density at radius 1 is 0.917 bits per heavy atom. The van der Waals surface area contributed by atoms with Crippen molar-refractivity contribution in [2.75, 3.05) is 12.0 Å². The van der Waals surface area contributed by atoms with Gasteiger partial charge in [-0.1, -0.05) is 54.1 Å². The first kappa shape index (κ1) is 23.5. The van der Waals surface area contributed by atoms with Gasteiger partial charge in [0.05, 0.1) is 5.52 Å². The van der Waals surface area contributed by atoms with Gasteiger partial charge in [0, 0.05) is 30.3 Å². The van der Waals surface area contributed by atoms with E-state index in [1.807, 2.05) is 54.6 Å². The quantitative estimate of drug-likeness (QED) is 0.243. The number of rotatable bonds is 9. The van der Waals surface area contributed by atoms with E-state index in [0.717, 1.165) is 35.7 Å². The number of fused-ring (bicyclic) bond motifs is 3. The van der Waals surface area contributed by atoms with Gasteiger partial charge in [-0.15, -0.1) is 5.10 Å². The summed E-state index contributed by atoms with van der Waals surface area (Å²) in [6, 6.07) is 17.3. The van der Waals surface area contributed by atoms with Gasteiger partial charge in [-0.2, -0.15) is 4.52 Å². The van der Waals surface area contributed by atoms with Gasteiger partial charge >= 0.3 is 0 Å². The number of para-hydroxylation sites is 1. The lowest BCUT2D eigenvalue weighted by Crippen LogP contribution is -2.32. The van der Waals surface area contributed by atoms with Gasteiger partial charge in [-0.25, -0.2) is 9.97 Å². The summed E-state index contributed by atoms with van der Waals surface area (Å²) in [5.41, 5.74) is 9.15. The summed E-state index contributed by atoms with van der Waals surface area (Å²) in [4.78, 5) is 33.9. The number of allylic oxidation sites excluding steroid dienone is 1. The Labute approximate surface area is 209 Å². The van der Waals surface area contributed by atoms with Crippen LogP contribution in [0.25, 0.3) is 27.9 Å². The van der Waals surface area contributed by atoms with Crippen LogP contribution in [-0.2, 0) is 9.59 Å². The summed E-state index contributed by atoms with van der Waals surface area (Å²) in [6.45, 7) is 0.611. The van der Waals surface area contributed by atoms with Gasteiger partial charge in [-0.05, 0) is 44.2 Å². The molecule has 0 saturated heterocycles. The van der Waals surface area contributed by atoms with Crippen molar-refractivity contribution in [1.29, 1.82) is 0 Å². The average Bonchev–Trinajstić information content (AvgIpc) is 3.38. The van der Waals surface area contributed by atoms with Crippen LogP contribution >= 0.6 is 0 Å². The molecule has 9 nitrogen and oxygen atoms in total. The molecule has 0 radical (unpaired) electrons. The minimum absolute atomic E-state index is 0.0604. The van der Waals surface area contributed by atoms with E-state index in [1.165, 1.54) is 18.4 Å². The van der Waals surface area contributed by atoms with Crippen LogP contribution in [0.2, 0.25) is 0 Å². The van der Waals surface area contributed by atoms with Crippen molar-refractivity contribution in [3.63, 3.8) is 0 Å². The number of hydrazine groups is 1. The number of anilines is 1. The number of nitrogens with one attached hydrogen (secondary N) is 3. The average molecular weight is 484 g/mol. The van der Waals surface area contributed by atoms with Crippen LogP contribution in [0.1, 0.15) is 44.9 Å². The molecule has 0 saturated carbocycles. The predicted octanol–water partition coefficient (Wildman–Crippen LogP) is 4.17. The summed E-state index contributed by atoms with van der Waals surface area (Å²) in [6.07, 6.45) is 8.09. The third kappa shape index (κ3) is 5.51. The topological polar surface area (TPSA) is 113 Å². The van der Waals surface area contributed by atoms with E-state index in [-0.39, 0.29) is 24.7 Å². The zero-order valence-electron chi connectivity index (χ0n) is 20.0. The van der Waals surface area contributed by atoms with Crippen LogP contribution in [0.15, 0.2) is 66.2 Å². The van der Waals surface area contributed by atoms with Gasteiger partial charge in [-0.3, -0.25) is 20.4 Å². The first-order valence-corrected chi connectivity index (χ1v) is 12.4.